The van der Waals surface area contributed by atoms with Crippen molar-refractivity contribution in [1.82, 2.24) is 9.97 Å². The molecular weight excluding hydrogens is 464 g/mol. The second-order valence-corrected chi connectivity index (χ2v) is 8.55. The van der Waals surface area contributed by atoms with Gasteiger partial charge in [0.05, 0.1) is 24.0 Å². The Hall–Kier alpha value is -3.69. The molecule has 1 amide bonds. The number of carbonyl (C=O) groups is 1. The fraction of sp³-hybridized carbons (Fsp3) is 0.320. The molecular formula is C25H22F4N4O2. The number of carbonyl (C=O) groups excluding carboxylic acids is 1. The number of hydrogen-bond acceptors (Lipinski definition) is 5. The van der Waals surface area contributed by atoms with E-state index in [0.29, 0.717) is 17.0 Å². The van der Waals surface area contributed by atoms with Gasteiger partial charge in [0.2, 0.25) is 5.91 Å². The van der Waals surface area contributed by atoms with Gasteiger partial charge in [-0.3, -0.25) is 4.79 Å². The van der Waals surface area contributed by atoms with Gasteiger partial charge < -0.3 is 5.32 Å². The van der Waals surface area contributed by atoms with Crippen molar-refractivity contribution in [2.24, 2.45) is 5.18 Å². The van der Waals surface area contributed by atoms with E-state index in [1.54, 1.807) is 24.3 Å². The highest BCUT2D eigenvalue weighted by molar-refractivity contribution is 5.92. The second-order valence-electron chi connectivity index (χ2n) is 8.55. The number of nitrogens with one attached hydrogen (secondary N) is 1. The summed E-state index contributed by atoms with van der Waals surface area (Å²) in [6, 6.07) is 6.48. The minimum Gasteiger partial charge on any atom is -0.309 e. The van der Waals surface area contributed by atoms with Gasteiger partial charge in [-0.2, -0.15) is 0 Å². The van der Waals surface area contributed by atoms with Crippen LogP contribution in [-0.2, 0) is 11.2 Å². The van der Waals surface area contributed by atoms with Crippen LogP contribution in [0.3, 0.4) is 0 Å². The lowest BCUT2D eigenvalue weighted by Gasteiger charge is -2.23. The van der Waals surface area contributed by atoms with Crippen LogP contribution in [0.2, 0.25) is 0 Å². The molecule has 0 unspecified atom stereocenters. The summed E-state index contributed by atoms with van der Waals surface area (Å²) < 4.78 is 55.3. The van der Waals surface area contributed by atoms with Crippen LogP contribution in [0.15, 0.2) is 35.6 Å². The third-order valence-electron chi connectivity index (χ3n) is 6.28. The van der Waals surface area contributed by atoms with Gasteiger partial charge >= 0.3 is 0 Å². The monoisotopic (exact) mass is 486 g/mol. The summed E-state index contributed by atoms with van der Waals surface area (Å²) in [5.74, 6) is -7.56. The van der Waals surface area contributed by atoms with Gasteiger partial charge in [-0.25, -0.2) is 27.5 Å². The van der Waals surface area contributed by atoms with Gasteiger partial charge in [0.15, 0.2) is 29.1 Å². The smallest absolute Gasteiger partial charge is 0.230 e. The van der Waals surface area contributed by atoms with Crippen molar-refractivity contribution in [3.8, 4) is 11.3 Å². The van der Waals surface area contributed by atoms with Gasteiger partial charge in [0, 0.05) is 17.0 Å². The molecule has 4 rings (SSSR count). The predicted octanol–water partition coefficient (Wildman–Crippen LogP) is 6.64. The van der Waals surface area contributed by atoms with Crippen LogP contribution >= 0.6 is 0 Å². The van der Waals surface area contributed by atoms with E-state index in [0.717, 1.165) is 39.0 Å². The van der Waals surface area contributed by atoms with E-state index in [2.05, 4.69) is 15.5 Å². The van der Waals surface area contributed by atoms with E-state index in [1.165, 1.54) is 6.20 Å². The third kappa shape index (κ3) is 5.06. The molecule has 0 radical (unpaired) electrons. The number of nitrogens with zero attached hydrogens (tertiary/aromatic N) is 3. The average molecular weight is 486 g/mol. The van der Waals surface area contributed by atoms with Crippen molar-refractivity contribution in [3.63, 3.8) is 0 Å². The van der Waals surface area contributed by atoms with Crippen LogP contribution in [0.4, 0.5) is 29.1 Å². The predicted molar refractivity (Wildman–Crippen MR) is 122 cm³/mol. The lowest BCUT2D eigenvalue weighted by molar-refractivity contribution is -0.115. The Labute approximate surface area is 198 Å². The van der Waals surface area contributed by atoms with E-state index < -0.39 is 46.7 Å². The molecule has 1 heterocycles. The highest BCUT2D eigenvalue weighted by Crippen LogP contribution is 2.36. The molecule has 0 saturated heterocycles. The topological polar surface area (TPSA) is 84.3 Å². The minimum atomic E-state index is -1.96. The van der Waals surface area contributed by atoms with Gasteiger partial charge in [-0.1, -0.05) is 31.4 Å². The van der Waals surface area contributed by atoms with Gasteiger partial charge in [0.25, 0.3) is 0 Å². The summed E-state index contributed by atoms with van der Waals surface area (Å²) in [5.41, 5.74) is 1.03. The summed E-state index contributed by atoms with van der Waals surface area (Å²) in [6.45, 7) is 1.08. The molecule has 1 aliphatic rings. The third-order valence-corrected chi connectivity index (χ3v) is 6.28. The average Bonchev–Trinajstić information content (AvgIpc) is 2.89. The van der Waals surface area contributed by atoms with Crippen LogP contribution < -0.4 is 5.32 Å². The minimum absolute atomic E-state index is 0.0293. The number of nitroso groups, excluding NO2 is 1. The Morgan fingerprint density at radius 2 is 1.66 bits per heavy atom. The van der Waals surface area contributed by atoms with Gasteiger partial charge in [-0.05, 0) is 42.6 Å². The Balaban J connectivity index is 1.64. The number of aromatic nitrogens is 2. The quantitative estimate of drug-likeness (QED) is 0.183. The van der Waals surface area contributed by atoms with Crippen molar-refractivity contribution >= 4 is 17.4 Å². The van der Waals surface area contributed by atoms with E-state index in [-0.39, 0.29) is 17.4 Å². The van der Waals surface area contributed by atoms with Crippen molar-refractivity contribution < 1.29 is 22.4 Å². The number of amides is 1. The first-order valence-corrected chi connectivity index (χ1v) is 11.2. The van der Waals surface area contributed by atoms with Crippen LogP contribution in [0.5, 0.6) is 0 Å². The van der Waals surface area contributed by atoms with E-state index in [1.807, 2.05) is 0 Å². The molecule has 1 aliphatic carbocycles. The lowest BCUT2D eigenvalue weighted by atomic mass is 9.86. The molecule has 0 bridgehead atoms. The molecule has 182 valence electrons. The molecule has 0 spiro atoms. The maximum atomic E-state index is 14.3. The van der Waals surface area contributed by atoms with Gasteiger partial charge in [-0.15, -0.1) is 4.91 Å². The summed E-state index contributed by atoms with van der Waals surface area (Å²) in [7, 11) is 0. The molecule has 10 heteroatoms. The molecule has 1 aromatic heterocycles. The Morgan fingerprint density at radius 3 is 2.31 bits per heavy atom. The second kappa shape index (κ2) is 10.3. The zero-order valence-electron chi connectivity index (χ0n) is 18.9. The van der Waals surface area contributed by atoms with E-state index in [9.17, 15) is 27.3 Å². The van der Waals surface area contributed by atoms with Gasteiger partial charge in [0.1, 0.15) is 5.69 Å². The van der Waals surface area contributed by atoms with Crippen molar-refractivity contribution in [2.45, 2.75) is 51.4 Å². The SMILES string of the molecule is Cc1c(F)c(F)c(F)c(F)c1CC(=O)Nc1ncc(-c2ccc(N=O)cc2)nc1C1CCCCC1. The number of hydrogen-bond donors (Lipinski definition) is 1. The summed E-state index contributed by atoms with van der Waals surface area (Å²) in [5, 5.41) is 5.46. The lowest BCUT2D eigenvalue weighted by Crippen LogP contribution is -2.21. The molecule has 1 fully saturated rings. The maximum absolute atomic E-state index is 14.3. The molecule has 35 heavy (non-hydrogen) atoms. The summed E-state index contributed by atoms with van der Waals surface area (Å²) in [4.78, 5) is 32.5. The molecule has 2 aromatic carbocycles. The highest BCUT2D eigenvalue weighted by atomic mass is 19.2. The molecule has 1 saturated carbocycles. The molecule has 3 aromatic rings. The molecule has 1 N–H and O–H groups in total. The molecule has 0 aliphatic heterocycles. The first kappa shape index (κ1) is 24.4. The normalized spacial score (nSPS) is 14.1. The number of anilines is 1. The molecule has 6 nitrogen and oxygen atoms in total. The van der Waals surface area contributed by atoms with Crippen molar-refractivity contribution in [2.75, 3.05) is 5.32 Å². The van der Waals surface area contributed by atoms with E-state index in [4.69, 9.17) is 4.98 Å². The first-order valence-electron chi connectivity index (χ1n) is 11.2. The Morgan fingerprint density at radius 1 is 1.00 bits per heavy atom. The summed E-state index contributed by atoms with van der Waals surface area (Å²) in [6.07, 6.45) is 5.50. The number of benzene rings is 2. The van der Waals surface area contributed by atoms with Crippen LogP contribution in [0, 0.1) is 35.1 Å². The Bertz CT molecular complexity index is 1250. The number of rotatable bonds is 6. The first-order chi connectivity index (χ1) is 16.8. The van der Waals surface area contributed by atoms with Crippen LogP contribution in [-0.4, -0.2) is 15.9 Å². The maximum Gasteiger partial charge on any atom is 0.230 e. The van der Waals surface area contributed by atoms with Crippen molar-refractivity contribution in [1.29, 1.82) is 0 Å². The van der Waals surface area contributed by atoms with E-state index >= 15 is 0 Å². The zero-order chi connectivity index (χ0) is 25.1. The highest BCUT2D eigenvalue weighted by Gasteiger charge is 2.26. The largest absolute Gasteiger partial charge is 0.309 e. The van der Waals surface area contributed by atoms with Crippen LogP contribution in [0.25, 0.3) is 11.3 Å². The Kier molecular flexibility index (Phi) is 7.18. The fourth-order valence-corrected chi connectivity index (χ4v) is 4.33. The van der Waals surface area contributed by atoms with Crippen molar-refractivity contribution in [3.05, 3.63) is 75.5 Å². The zero-order valence-corrected chi connectivity index (χ0v) is 18.9. The summed E-state index contributed by atoms with van der Waals surface area (Å²) >= 11 is 0. The standard InChI is InChI=1S/C25H22F4N4O2/c1-13-17(21(27)23(29)22(28)20(13)26)11-19(34)32-25-24(15-5-3-2-4-6-15)31-18(12-30-25)14-7-9-16(33-35)10-8-14/h7-10,12,15H,2-6,11H2,1H3,(H,30,32,34). The molecule has 0 atom stereocenters. The number of halogens is 4. The fourth-order valence-electron chi connectivity index (χ4n) is 4.33. The van der Waals surface area contributed by atoms with Crippen LogP contribution in [0.1, 0.15) is 54.8 Å².